The average molecular weight is 408 g/mol. The molecule has 0 spiro atoms. The Balaban J connectivity index is 1.35. The van der Waals surface area contributed by atoms with Crippen LogP contribution in [0.15, 0.2) is 60.2 Å². The molecule has 1 unspecified atom stereocenters. The Bertz CT molecular complexity index is 931. The number of carbonyl (C=O) groups is 1. The summed E-state index contributed by atoms with van der Waals surface area (Å²) >= 11 is 1.49. The summed E-state index contributed by atoms with van der Waals surface area (Å²) in [5.74, 6) is 0. The van der Waals surface area contributed by atoms with Crippen LogP contribution in [0.2, 0.25) is 0 Å². The van der Waals surface area contributed by atoms with Crippen molar-refractivity contribution in [3.8, 4) is 0 Å². The summed E-state index contributed by atoms with van der Waals surface area (Å²) in [6.07, 6.45) is 6.57. The molecule has 4 rings (SSSR count). The molecule has 1 N–H and O–H groups in total. The number of likely N-dealkylation sites (N-methyl/N-ethyl adjacent to an activating group) is 1. The summed E-state index contributed by atoms with van der Waals surface area (Å²) in [7, 11) is 1.80. The molecular formula is C22H25N5OS. The topological polar surface area (TPSA) is 61.4 Å². The van der Waals surface area contributed by atoms with Crippen LogP contribution in [0, 0.1) is 0 Å². The van der Waals surface area contributed by atoms with E-state index in [4.69, 9.17) is 4.98 Å². The van der Waals surface area contributed by atoms with E-state index in [1.807, 2.05) is 18.2 Å². The third-order valence-electron chi connectivity index (χ3n) is 5.25. The van der Waals surface area contributed by atoms with Crippen LogP contribution in [0.1, 0.15) is 30.1 Å². The maximum absolute atomic E-state index is 12.5. The number of urea groups is 1. The highest BCUT2D eigenvalue weighted by Crippen LogP contribution is 2.37. The first kappa shape index (κ1) is 19.4. The average Bonchev–Trinajstić information content (AvgIpc) is 3.42. The fourth-order valence-corrected chi connectivity index (χ4v) is 4.38. The minimum absolute atomic E-state index is 0.133. The van der Waals surface area contributed by atoms with Crippen molar-refractivity contribution in [2.24, 2.45) is 0 Å². The molecule has 7 heteroatoms. The van der Waals surface area contributed by atoms with Crippen LogP contribution >= 0.6 is 11.3 Å². The highest BCUT2D eigenvalue weighted by Gasteiger charge is 2.28. The molecule has 6 nitrogen and oxygen atoms in total. The Labute approximate surface area is 175 Å². The fraction of sp³-hybridized carbons (Fsp3) is 0.318. The Kier molecular flexibility index (Phi) is 6.05. The highest BCUT2D eigenvalue weighted by molar-refractivity contribution is 7.13. The summed E-state index contributed by atoms with van der Waals surface area (Å²) < 4.78 is 0. The highest BCUT2D eigenvalue weighted by atomic mass is 32.1. The first-order valence-corrected chi connectivity index (χ1v) is 10.8. The van der Waals surface area contributed by atoms with E-state index in [1.54, 1.807) is 24.3 Å². The van der Waals surface area contributed by atoms with Gasteiger partial charge in [0.25, 0.3) is 0 Å². The van der Waals surface area contributed by atoms with Gasteiger partial charge in [0.1, 0.15) is 0 Å². The molecule has 29 heavy (non-hydrogen) atoms. The third kappa shape index (κ3) is 4.74. The van der Waals surface area contributed by atoms with E-state index < -0.39 is 0 Å². The molecule has 150 valence electrons. The van der Waals surface area contributed by atoms with Gasteiger partial charge in [-0.3, -0.25) is 10.3 Å². The van der Waals surface area contributed by atoms with E-state index in [9.17, 15) is 4.79 Å². The van der Waals surface area contributed by atoms with Crippen molar-refractivity contribution in [3.63, 3.8) is 0 Å². The van der Waals surface area contributed by atoms with Gasteiger partial charge in [0, 0.05) is 43.6 Å². The van der Waals surface area contributed by atoms with Crippen molar-refractivity contribution < 1.29 is 4.79 Å². The molecule has 3 aromatic rings. The first-order chi connectivity index (χ1) is 14.2. The number of thiazole rings is 1. The number of carbonyl (C=O) groups excluding carboxylic acids is 1. The number of nitrogens with zero attached hydrogens (tertiary/aromatic N) is 4. The lowest BCUT2D eigenvalue weighted by atomic mass is 10.1. The third-order valence-corrected chi connectivity index (χ3v) is 6.03. The fourth-order valence-electron chi connectivity index (χ4n) is 3.63. The molecule has 1 aromatic carbocycles. The van der Waals surface area contributed by atoms with Gasteiger partial charge in [-0.25, -0.2) is 9.78 Å². The standard InChI is InChI=1S/C22H25N5OS/c1-26(15-11-17-9-12-23-13-10-17)22(28)25-21-24-19(16-29-21)20-8-5-14-27(20)18-6-3-2-4-7-18/h2-4,6-7,9-10,12-13,16,20H,5,8,11,14-15H2,1H3,(H,24,25,28). The molecule has 1 atom stereocenters. The Morgan fingerprint density at radius 1 is 1.24 bits per heavy atom. The first-order valence-electron chi connectivity index (χ1n) is 9.89. The van der Waals surface area contributed by atoms with Crippen molar-refractivity contribution in [1.29, 1.82) is 0 Å². The normalized spacial score (nSPS) is 16.0. The second-order valence-corrected chi connectivity index (χ2v) is 8.08. The van der Waals surface area contributed by atoms with Gasteiger partial charge in [0.15, 0.2) is 5.13 Å². The lowest BCUT2D eigenvalue weighted by Crippen LogP contribution is -2.33. The van der Waals surface area contributed by atoms with Crippen molar-refractivity contribution in [2.45, 2.75) is 25.3 Å². The lowest BCUT2D eigenvalue weighted by Gasteiger charge is -2.25. The maximum Gasteiger partial charge on any atom is 0.323 e. The molecule has 1 aliphatic heterocycles. The number of rotatable bonds is 6. The minimum atomic E-state index is -0.133. The summed E-state index contributed by atoms with van der Waals surface area (Å²) in [4.78, 5) is 25.3. The summed E-state index contributed by atoms with van der Waals surface area (Å²) in [6.45, 7) is 1.67. The van der Waals surface area contributed by atoms with Crippen LogP contribution in [0.25, 0.3) is 0 Å². The zero-order valence-electron chi connectivity index (χ0n) is 16.5. The molecular weight excluding hydrogens is 382 g/mol. The van der Waals surface area contributed by atoms with Gasteiger partial charge in [0.2, 0.25) is 0 Å². The Morgan fingerprint density at radius 3 is 2.83 bits per heavy atom. The van der Waals surface area contributed by atoms with Gasteiger partial charge in [-0.05, 0) is 49.1 Å². The number of nitrogens with one attached hydrogen (secondary N) is 1. The summed E-state index contributed by atoms with van der Waals surface area (Å²) in [5, 5.41) is 5.66. The second-order valence-electron chi connectivity index (χ2n) is 7.22. The number of anilines is 2. The predicted molar refractivity (Wildman–Crippen MR) is 117 cm³/mol. The molecule has 2 amide bonds. The molecule has 3 heterocycles. The largest absolute Gasteiger partial charge is 0.363 e. The van der Waals surface area contributed by atoms with Crippen molar-refractivity contribution >= 4 is 28.2 Å². The summed E-state index contributed by atoms with van der Waals surface area (Å²) in [5.41, 5.74) is 3.42. The number of hydrogen-bond donors (Lipinski definition) is 1. The predicted octanol–water partition coefficient (Wildman–Crippen LogP) is 4.59. The van der Waals surface area contributed by atoms with E-state index in [0.29, 0.717) is 11.7 Å². The van der Waals surface area contributed by atoms with Crippen molar-refractivity contribution in [3.05, 3.63) is 71.5 Å². The molecule has 0 aliphatic carbocycles. The van der Waals surface area contributed by atoms with Gasteiger partial charge >= 0.3 is 6.03 Å². The van der Waals surface area contributed by atoms with E-state index >= 15 is 0 Å². The number of aromatic nitrogens is 2. The van der Waals surface area contributed by atoms with E-state index in [0.717, 1.165) is 31.5 Å². The van der Waals surface area contributed by atoms with Crippen LogP contribution in [0.5, 0.6) is 0 Å². The molecule has 1 saturated heterocycles. The Hall–Kier alpha value is -2.93. The van der Waals surface area contributed by atoms with E-state index in [-0.39, 0.29) is 12.1 Å². The SMILES string of the molecule is CN(CCc1ccncc1)C(=O)Nc1nc(C2CCCN2c2ccccc2)cs1. The molecule has 1 aliphatic rings. The van der Waals surface area contributed by atoms with Crippen LogP contribution in [0.4, 0.5) is 15.6 Å². The van der Waals surface area contributed by atoms with Crippen molar-refractivity contribution in [1.82, 2.24) is 14.9 Å². The van der Waals surface area contributed by atoms with Gasteiger partial charge in [-0.15, -0.1) is 11.3 Å². The second kappa shape index (κ2) is 9.05. The minimum Gasteiger partial charge on any atom is -0.363 e. The number of hydrogen-bond acceptors (Lipinski definition) is 5. The number of pyridine rings is 1. The van der Waals surface area contributed by atoms with Gasteiger partial charge < -0.3 is 9.80 Å². The smallest absolute Gasteiger partial charge is 0.323 e. The van der Waals surface area contributed by atoms with Gasteiger partial charge in [-0.2, -0.15) is 0 Å². The maximum atomic E-state index is 12.5. The molecule has 0 radical (unpaired) electrons. The number of para-hydroxylation sites is 1. The van der Waals surface area contributed by atoms with E-state index in [2.05, 4.69) is 44.8 Å². The van der Waals surface area contributed by atoms with Crippen LogP contribution in [-0.2, 0) is 6.42 Å². The zero-order valence-corrected chi connectivity index (χ0v) is 17.3. The van der Waals surface area contributed by atoms with Gasteiger partial charge in [0.05, 0.1) is 11.7 Å². The van der Waals surface area contributed by atoms with Crippen LogP contribution < -0.4 is 10.2 Å². The molecule has 1 fully saturated rings. The molecule has 0 saturated carbocycles. The van der Waals surface area contributed by atoms with Crippen LogP contribution in [-0.4, -0.2) is 41.0 Å². The van der Waals surface area contributed by atoms with Crippen LogP contribution in [0.3, 0.4) is 0 Å². The molecule has 0 bridgehead atoms. The Morgan fingerprint density at radius 2 is 2.03 bits per heavy atom. The van der Waals surface area contributed by atoms with Crippen molar-refractivity contribution in [2.75, 3.05) is 30.4 Å². The van der Waals surface area contributed by atoms with Gasteiger partial charge in [-0.1, -0.05) is 18.2 Å². The number of benzene rings is 1. The molecule has 2 aromatic heterocycles. The lowest BCUT2D eigenvalue weighted by molar-refractivity contribution is 0.223. The monoisotopic (exact) mass is 407 g/mol. The zero-order chi connectivity index (χ0) is 20.1. The van der Waals surface area contributed by atoms with E-state index in [1.165, 1.54) is 22.6 Å². The quantitative estimate of drug-likeness (QED) is 0.649. The summed E-state index contributed by atoms with van der Waals surface area (Å²) in [6, 6.07) is 14.5. The number of amides is 2.